The van der Waals surface area contributed by atoms with E-state index in [0.29, 0.717) is 12.8 Å². The summed E-state index contributed by atoms with van der Waals surface area (Å²) in [5, 5.41) is 6.62. The predicted octanol–water partition coefficient (Wildman–Crippen LogP) is 3.56. The van der Waals surface area contributed by atoms with Crippen LogP contribution in [0.2, 0.25) is 0 Å². The van der Waals surface area contributed by atoms with Crippen LogP contribution >= 0.6 is 12.4 Å². The number of amides is 1. The molecule has 1 amide bonds. The number of nitrogens with one attached hydrogen (secondary N) is 1. The van der Waals surface area contributed by atoms with E-state index >= 15 is 0 Å². The van der Waals surface area contributed by atoms with E-state index in [-0.39, 0.29) is 36.1 Å². The fraction of sp³-hybridized carbons (Fsp3) is 0.412. The maximum absolute atomic E-state index is 13.0. The highest BCUT2D eigenvalue weighted by atomic mass is 35.5. The number of hydrogen-bond acceptors (Lipinski definition) is 3. The van der Waals surface area contributed by atoms with Crippen LogP contribution in [0, 0.1) is 0 Å². The second-order valence-electron chi connectivity index (χ2n) is 5.82. The molecule has 0 aliphatic carbocycles. The van der Waals surface area contributed by atoms with Gasteiger partial charge < -0.3 is 11.1 Å². The minimum Gasteiger partial charge on any atom is -0.345 e. The van der Waals surface area contributed by atoms with Gasteiger partial charge in [-0.25, -0.2) is 4.68 Å². The summed E-state index contributed by atoms with van der Waals surface area (Å²) in [6.07, 6.45) is -2.15. The molecule has 0 bridgehead atoms. The van der Waals surface area contributed by atoms with Crippen LogP contribution in [0.25, 0.3) is 5.69 Å². The Morgan fingerprint density at radius 3 is 2.42 bits per heavy atom. The van der Waals surface area contributed by atoms with Crippen LogP contribution in [0.5, 0.6) is 0 Å². The van der Waals surface area contributed by atoms with Crippen LogP contribution in [-0.4, -0.2) is 27.8 Å². The quantitative estimate of drug-likeness (QED) is 0.792. The van der Waals surface area contributed by atoms with E-state index in [1.807, 2.05) is 13.8 Å². The summed E-state index contributed by atoms with van der Waals surface area (Å²) in [4.78, 5) is 12.5. The Labute approximate surface area is 156 Å². The molecule has 2 rings (SSSR count). The van der Waals surface area contributed by atoms with Gasteiger partial charge in [0, 0.05) is 12.1 Å². The van der Waals surface area contributed by atoms with Gasteiger partial charge >= 0.3 is 6.18 Å². The van der Waals surface area contributed by atoms with Gasteiger partial charge in [-0.2, -0.15) is 18.3 Å². The topological polar surface area (TPSA) is 72.9 Å². The lowest BCUT2D eigenvalue weighted by molar-refractivity contribution is -0.142. The molecular formula is C17H22ClF3N4O. The molecular weight excluding hydrogens is 369 g/mol. The normalized spacial score (nSPS) is 11.8. The second kappa shape index (κ2) is 8.55. The number of nitrogens with two attached hydrogens (primary N) is 1. The summed E-state index contributed by atoms with van der Waals surface area (Å²) < 4.78 is 39.9. The summed E-state index contributed by atoms with van der Waals surface area (Å²) in [6.45, 7) is 4.13. The first kappa shape index (κ1) is 22.0. The van der Waals surface area contributed by atoms with Crippen molar-refractivity contribution < 1.29 is 18.0 Å². The molecule has 0 saturated carbocycles. The van der Waals surface area contributed by atoms with Crippen molar-refractivity contribution in [2.45, 2.75) is 38.4 Å². The molecule has 2 aromatic rings. The molecule has 0 saturated heterocycles. The molecule has 1 heterocycles. The zero-order chi connectivity index (χ0) is 18.7. The molecule has 144 valence electrons. The molecule has 0 aliphatic heterocycles. The average molecular weight is 391 g/mol. The Morgan fingerprint density at radius 1 is 1.23 bits per heavy atom. The van der Waals surface area contributed by atoms with E-state index in [1.165, 1.54) is 18.2 Å². The minimum atomic E-state index is -4.53. The van der Waals surface area contributed by atoms with Crippen LogP contribution < -0.4 is 11.1 Å². The first-order valence-electron chi connectivity index (χ1n) is 8.00. The van der Waals surface area contributed by atoms with E-state index in [9.17, 15) is 18.0 Å². The van der Waals surface area contributed by atoms with E-state index < -0.39 is 17.4 Å². The largest absolute Gasteiger partial charge is 0.433 e. The smallest absolute Gasteiger partial charge is 0.345 e. The molecule has 9 heteroatoms. The summed E-state index contributed by atoms with van der Waals surface area (Å²) in [5.74, 6) is -0.378. The summed E-state index contributed by atoms with van der Waals surface area (Å²) in [7, 11) is 0. The number of carbonyl (C=O) groups is 1. The van der Waals surface area contributed by atoms with Crippen LogP contribution in [0.15, 0.2) is 36.5 Å². The van der Waals surface area contributed by atoms with Crippen molar-refractivity contribution in [2.24, 2.45) is 5.73 Å². The van der Waals surface area contributed by atoms with E-state index in [4.69, 9.17) is 5.73 Å². The fourth-order valence-electron chi connectivity index (χ4n) is 2.58. The number of carbonyl (C=O) groups excluding carboxylic acids is 1. The van der Waals surface area contributed by atoms with E-state index in [1.54, 1.807) is 6.07 Å². The Hall–Kier alpha value is -2.06. The zero-order valence-electron chi connectivity index (χ0n) is 14.5. The van der Waals surface area contributed by atoms with Gasteiger partial charge in [0.2, 0.25) is 0 Å². The van der Waals surface area contributed by atoms with Crippen molar-refractivity contribution >= 4 is 18.3 Å². The van der Waals surface area contributed by atoms with Gasteiger partial charge in [-0.3, -0.25) is 4.79 Å². The van der Waals surface area contributed by atoms with Crippen LogP contribution in [-0.2, 0) is 6.18 Å². The molecule has 26 heavy (non-hydrogen) atoms. The molecule has 0 aliphatic rings. The first-order chi connectivity index (χ1) is 11.8. The summed E-state index contributed by atoms with van der Waals surface area (Å²) in [5.41, 5.74) is 4.76. The first-order valence-corrected chi connectivity index (χ1v) is 8.00. The lowest BCUT2D eigenvalue weighted by Gasteiger charge is -2.31. The maximum Gasteiger partial charge on any atom is 0.433 e. The van der Waals surface area contributed by atoms with Crippen molar-refractivity contribution in [3.63, 3.8) is 0 Å². The van der Waals surface area contributed by atoms with Gasteiger partial charge in [0.25, 0.3) is 5.91 Å². The van der Waals surface area contributed by atoms with Crippen molar-refractivity contribution in [1.82, 2.24) is 15.1 Å². The minimum absolute atomic E-state index is 0. The second-order valence-corrected chi connectivity index (χ2v) is 5.82. The molecule has 1 aromatic heterocycles. The molecule has 0 fully saturated rings. The third-order valence-electron chi connectivity index (χ3n) is 4.41. The molecule has 0 unspecified atom stereocenters. The van der Waals surface area contributed by atoms with Gasteiger partial charge in [0.1, 0.15) is 5.69 Å². The number of rotatable bonds is 6. The van der Waals surface area contributed by atoms with Crippen LogP contribution in [0.4, 0.5) is 13.2 Å². The molecule has 0 radical (unpaired) electrons. The van der Waals surface area contributed by atoms with Gasteiger partial charge in [-0.1, -0.05) is 19.9 Å². The number of hydrogen-bond donors (Lipinski definition) is 2. The molecule has 5 nitrogen and oxygen atoms in total. The highest BCUT2D eigenvalue weighted by Crippen LogP contribution is 2.30. The van der Waals surface area contributed by atoms with Gasteiger partial charge in [-0.15, -0.1) is 12.4 Å². The van der Waals surface area contributed by atoms with Crippen LogP contribution in [0.3, 0.4) is 0 Å². The lowest BCUT2D eigenvalue weighted by Crippen LogP contribution is -2.52. The predicted molar refractivity (Wildman–Crippen MR) is 95.6 cm³/mol. The third kappa shape index (κ3) is 4.56. The van der Waals surface area contributed by atoms with E-state index in [2.05, 4.69) is 10.4 Å². The SMILES string of the molecule is CCC(CC)(CN)NC(=O)c1cccc(-n2nccc2C(F)(F)F)c1.Cl. The Bertz CT molecular complexity index is 733. The summed E-state index contributed by atoms with van der Waals surface area (Å²) in [6, 6.07) is 6.80. The molecule has 0 spiro atoms. The average Bonchev–Trinajstić information content (AvgIpc) is 3.10. The number of benzene rings is 1. The van der Waals surface area contributed by atoms with Gasteiger partial charge in [0.15, 0.2) is 0 Å². The van der Waals surface area contributed by atoms with Crippen molar-refractivity contribution in [2.75, 3.05) is 6.54 Å². The standard InChI is InChI=1S/C17H21F3N4O.ClH/c1-3-16(4-2,11-21)23-15(25)12-6-5-7-13(10-12)24-14(8-9-22-24)17(18,19)20;/h5-10H,3-4,11,21H2,1-2H3,(H,23,25);1H. The van der Waals surface area contributed by atoms with E-state index in [0.717, 1.165) is 16.9 Å². The van der Waals surface area contributed by atoms with Crippen molar-refractivity contribution in [3.05, 3.63) is 47.8 Å². The lowest BCUT2D eigenvalue weighted by atomic mass is 9.92. The summed E-state index contributed by atoms with van der Waals surface area (Å²) >= 11 is 0. The number of aromatic nitrogens is 2. The molecule has 3 N–H and O–H groups in total. The Morgan fingerprint density at radius 2 is 1.88 bits per heavy atom. The number of halogens is 4. The highest BCUT2D eigenvalue weighted by Gasteiger charge is 2.35. The number of nitrogens with zero attached hydrogens (tertiary/aromatic N) is 2. The maximum atomic E-state index is 13.0. The zero-order valence-corrected chi connectivity index (χ0v) is 15.3. The van der Waals surface area contributed by atoms with Crippen molar-refractivity contribution in [3.8, 4) is 5.69 Å². The highest BCUT2D eigenvalue weighted by molar-refractivity contribution is 5.95. The third-order valence-corrected chi connectivity index (χ3v) is 4.41. The molecule has 0 atom stereocenters. The van der Waals surface area contributed by atoms with Crippen molar-refractivity contribution in [1.29, 1.82) is 0 Å². The molecule has 1 aromatic carbocycles. The van der Waals surface area contributed by atoms with Gasteiger partial charge in [0.05, 0.1) is 17.4 Å². The monoisotopic (exact) mass is 390 g/mol. The van der Waals surface area contributed by atoms with Gasteiger partial charge in [-0.05, 0) is 37.1 Å². The number of alkyl halides is 3. The Balaban J connectivity index is 0.00000338. The van der Waals surface area contributed by atoms with Crippen LogP contribution in [0.1, 0.15) is 42.7 Å². The fourth-order valence-corrected chi connectivity index (χ4v) is 2.58. The Kier molecular flexibility index (Phi) is 7.23.